The van der Waals surface area contributed by atoms with Gasteiger partial charge in [-0.25, -0.2) is 0 Å². The lowest BCUT2D eigenvalue weighted by molar-refractivity contribution is -0.118. The number of hydrogen-bond donors (Lipinski definition) is 1. The highest BCUT2D eigenvalue weighted by Crippen LogP contribution is 1.92. The summed E-state index contributed by atoms with van der Waals surface area (Å²) in [6, 6.07) is 0. The zero-order chi connectivity index (χ0) is 8.69. The largest absolute Gasteiger partial charge is 0.327 e. The molecule has 0 radical (unpaired) electrons. The Morgan fingerprint density at radius 1 is 1.55 bits per heavy atom. The van der Waals surface area contributed by atoms with Crippen LogP contribution >= 0.6 is 0 Å². The molecule has 0 bridgehead atoms. The highest BCUT2D eigenvalue weighted by molar-refractivity contribution is 5.75. The van der Waals surface area contributed by atoms with Crippen molar-refractivity contribution in [2.24, 2.45) is 0 Å². The number of rotatable bonds is 3. The smallest absolute Gasteiger partial charge is 0.221 e. The molecule has 62 valence electrons. The molecule has 0 aliphatic heterocycles. The average molecular weight is 153 g/mol. The van der Waals surface area contributed by atoms with Crippen molar-refractivity contribution in [2.75, 3.05) is 0 Å². The van der Waals surface area contributed by atoms with E-state index in [1.54, 1.807) is 0 Å². The van der Waals surface area contributed by atoms with Gasteiger partial charge in [0.25, 0.3) is 0 Å². The van der Waals surface area contributed by atoms with Crippen LogP contribution in [0.4, 0.5) is 0 Å². The first-order valence-corrected chi connectivity index (χ1v) is 3.81. The summed E-state index contributed by atoms with van der Waals surface area (Å²) in [7, 11) is 0. The Kier molecular flexibility index (Phi) is 5.17. The number of hydrogen-bond acceptors (Lipinski definition) is 1. The van der Waals surface area contributed by atoms with Crippen LogP contribution < -0.4 is 5.32 Å². The third kappa shape index (κ3) is 5.40. The molecule has 0 aromatic heterocycles. The molecule has 0 saturated carbocycles. The third-order valence-electron chi connectivity index (χ3n) is 1.16. The molecular weight excluding hydrogens is 138 g/mol. The Morgan fingerprint density at radius 2 is 2.18 bits per heavy atom. The van der Waals surface area contributed by atoms with Crippen LogP contribution in [-0.2, 0) is 4.79 Å². The van der Waals surface area contributed by atoms with Crippen LogP contribution in [0.2, 0.25) is 0 Å². The van der Waals surface area contributed by atoms with Crippen LogP contribution in [0.25, 0.3) is 0 Å². The summed E-state index contributed by atoms with van der Waals surface area (Å²) in [6.45, 7) is 5.45. The lowest BCUT2D eigenvalue weighted by Gasteiger charge is -1.99. The molecule has 0 spiro atoms. The normalized spacial score (nSPS) is 12.1. The first-order valence-electron chi connectivity index (χ1n) is 3.81. The standard InChI is InChI=1S/C9H15NO/c1-4-6-7-9(5-2)10-8(3)11/h5-7H,4H2,1-3H3,(H,10,11)/b7-6-,9-5+. The molecule has 2 nitrogen and oxygen atoms in total. The summed E-state index contributed by atoms with van der Waals surface area (Å²) in [6.07, 6.45) is 6.76. The second kappa shape index (κ2) is 5.71. The van der Waals surface area contributed by atoms with Gasteiger partial charge >= 0.3 is 0 Å². The second-order valence-electron chi connectivity index (χ2n) is 2.24. The molecule has 0 atom stereocenters. The van der Waals surface area contributed by atoms with E-state index in [-0.39, 0.29) is 5.91 Å². The van der Waals surface area contributed by atoms with Gasteiger partial charge in [-0.15, -0.1) is 0 Å². The van der Waals surface area contributed by atoms with E-state index in [9.17, 15) is 4.79 Å². The van der Waals surface area contributed by atoms with Gasteiger partial charge in [0.2, 0.25) is 5.91 Å². The molecule has 0 aliphatic carbocycles. The number of amides is 1. The summed E-state index contributed by atoms with van der Waals surface area (Å²) in [5.74, 6) is -0.0288. The molecule has 0 fully saturated rings. The van der Waals surface area contributed by atoms with E-state index in [2.05, 4.69) is 12.2 Å². The molecule has 1 N–H and O–H groups in total. The predicted molar refractivity (Wildman–Crippen MR) is 47.0 cm³/mol. The van der Waals surface area contributed by atoms with E-state index >= 15 is 0 Å². The molecular formula is C9H15NO. The Bertz CT molecular complexity index is 180. The molecule has 0 heterocycles. The van der Waals surface area contributed by atoms with Gasteiger partial charge in [-0.2, -0.15) is 0 Å². The minimum absolute atomic E-state index is 0.0288. The maximum Gasteiger partial charge on any atom is 0.221 e. The number of carbonyl (C=O) groups excluding carboxylic acids is 1. The number of nitrogens with one attached hydrogen (secondary N) is 1. The van der Waals surface area contributed by atoms with Gasteiger partial charge in [0.15, 0.2) is 0 Å². The fourth-order valence-electron chi connectivity index (χ4n) is 0.658. The van der Waals surface area contributed by atoms with Crippen LogP contribution in [0.5, 0.6) is 0 Å². The quantitative estimate of drug-likeness (QED) is 0.617. The van der Waals surface area contributed by atoms with Gasteiger partial charge in [0, 0.05) is 12.6 Å². The maximum atomic E-state index is 10.6. The molecule has 0 aliphatic rings. The average Bonchev–Trinajstić information content (AvgIpc) is 1.97. The Labute approximate surface area is 68.0 Å². The third-order valence-corrected chi connectivity index (χ3v) is 1.16. The molecule has 0 unspecified atom stereocenters. The SMILES string of the molecule is C/C=C(\C=C/CC)NC(C)=O. The Balaban J connectivity index is 3.98. The zero-order valence-corrected chi connectivity index (χ0v) is 7.35. The van der Waals surface area contributed by atoms with Crippen LogP contribution in [0.1, 0.15) is 27.2 Å². The van der Waals surface area contributed by atoms with Crippen LogP contribution in [0.15, 0.2) is 23.9 Å². The molecule has 0 rings (SSSR count). The van der Waals surface area contributed by atoms with Crippen molar-refractivity contribution in [3.63, 3.8) is 0 Å². The van der Waals surface area contributed by atoms with Gasteiger partial charge in [-0.05, 0) is 19.4 Å². The van der Waals surface area contributed by atoms with Crippen molar-refractivity contribution in [3.05, 3.63) is 23.9 Å². The van der Waals surface area contributed by atoms with Gasteiger partial charge in [0.1, 0.15) is 0 Å². The van der Waals surface area contributed by atoms with Gasteiger partial charge in [-0.1, -0.05) is 19.1 Å². The van der Waals surface area contributed by atoms with Crippen molar-refractivity contribution < 1.29 is 4.79 Å². The van der Waals surface area contributed by atoms with Crippen molar-refractivity contribution in [1.29, 1.82) is 0 Å². The molecule has 0 aromatic carbocycles. The lowest BCUT2D eigenvalue weighted by Crippen LogP contribution is -2.17. The molecule has 2 heteroatoms. The minimum atomic E-state index is -0.0288. The van der Waals surface area contributed by atoms with Gasteiger partial charge in [-0.3, -0.25) is 4.79 Å². The first kappa shape index (κ1) is 9.95. The van der Waals surface area contributed by atoms with Crippen molar-refractivity contribution in [3.8, 4) is 0 Å². The number of carbonyl (C=O) groups is 1. The van der Waals surface area contributed by atoms with Crippen LogP contribution in [0.3, 0.4) is 0 Å². The van der Waals surface area contributed by atoms with Crippen LogP contribution in [-0.4, -0.2) is 5.91 Å². The fraction of sp³-hybridized carbons (Fsp3) is 0.444. The molecule has 0 aromatic rings. The highest BCUT2D eigenvalue weighted by Gasteiger charge is 1.91. The van der Waals surface area contributed by atoms with E-state index < -0.39 is 0 Å². The number of allylic oxidation sites excluding steroid dienone is 3. The molecule has 1 amide bonds. The molecule has 11 heavy (non-hydrogen) atoms. The first-order chi connectivity index (χ1) is 5.20. The lowest BCUT2D eigenvalue weighted by atomic mass is 10.3. The van der Waals surface area contributed by atoms with E-state index in [0.29, 0.717) is 0 Å². The summed E-state index contributed by atoms with van der Waals surface area (Å²) >= 11 is 0. The highest BCUT2D eigenvalue weighted by atomic mass is 16.1. The zero-order valence-electron chi connectivity index (χ0n) is 7.35. The summed E-state index contributed by atoms with van der Waals surface area (Å²) < 4.78 is 0. The topological polar surface area (TPSA) is 29.1 Å². The minimum Gasteiger partial charge on any atom is -0.327 e. The van der Waals surface area contributed by atoms with Crippen LogP contribution in [0, 0.1) is 0 Å². The van der Waals surface area contributed by atoms with Crippen molar-refractivity contribution in [2.45, 2.75) is 27.2 Å². The summed E-state index contributed by atoms with van der Waals surface area (Å²) in [4.78, 5) is 10.6. The predicted octanol–water partition coefficient (Wildman–Crippen LogP) is 1.99. The second-order valence-corrected chi connectivity index (χ2v) is 2.24. The monoisotopic (exact) mass is 153 g/mol. The summed E-state index contributed by atoms with van der Waals surface area (Å²) in [5.41, 5.74) is 0.861. The van der Waals surface area contributed by atoms with Gasteiger partial charge in [0.05, 0.1) is 0 Å². The Morgan fingerprint density at radius 3 is 2.55 bits per heavy atom. The van der Waals surface area contributed by atoms with Gasteiger partial charge < -0.3 is 5.32 Å². The fourth-order valence-corrected chi connectivity index (χ4v) is 0.658. The van der Waals surface area contributed by atoms with E-state index in [1.165, 1.54) is 6.92 Å². The van der Waals surface area contributed by atoms with E-state index in [0.717, 1.165) is 12.1 Å². The molecule has 0 saturated heterocycles. The van der Waals surface area contributed by atoms with Crippen molar-refractivity contribution in [1.82, 2.24) is 5.32 Å². The van der Waals surface area contributed by atoms with E-state index in [4.69, 9.17) is 0 Å². The maximum absolute atomic E-state index is 10.6. The van der Waals surface area contributed by atoms with E-state index in [1.807, 2.05) is 25.2 Å². The summed E-state index contributed by atoms with van der Waals surface area (Å²) in [5, 5.41) is 2.70. The van der Waals surface area contributed by atoms with Crippen molar-refractivity contribution >= 4 is 5.91 Å². The Hall–Kier alpha value is -1.05.